The van der Waals surface area contributed by atoms with Crippen molar-refractivity contribution in [1.82, 2.24) is 10.2 Å². The summed E-state index contributed by atoms with van der Waals surface area (Å²) in [6, 6.07) is 10.1. The second-order valence-corrected chi connectivity index (χ2v) is 8.97. The standard InChI is InChI=1S/C23H27Cl2FN2O3/c1-5-19(22(30)27-23(2,3)4)28(13-15-10-11-16(24)17(25)12-15)21(29)14-31-20-9-7-6-8-18(20)26/h6-12,19H,5,13-14H2,1-4H3,(H,27,30)/t19-/m0/s1. The third-order valence-electron chi connectivity index (χ3n) is 4.41. The Hall–Kier alpha value is -2.31. The molecular weight excluding hydrogens is 442 g/mol. The van der Waals surface area contributed by atoms with Crippen molar-refractivity contribution >= 4 is 35.0 Å². The van der Waals surface area contributed by atoms with Gasteiger partial charge >= 0.3 is 0 Å². The minimum atomic E-state index is -0.745. The molecule has 1 N–H and O–H groups in total. The van der Waals surface area contributed by atoms with E-state index >= 15 is 0 Å². The average Bonchev–Trinajstić information content (AvgIpc) is 2.68. The number of para-hydroxylation sites is 1. The molecule has 0 saturated heterocycles. The highest BCUT2D eigenvalue weighted by molar-refractivity contribution is 6.42. The van der Waals surface area contributed by atoms with Crippen molar-refractivity contribution in [3.8, 4) is 5.75 Å². The Morgan fingerprint density at radius 2 is 1.81 bits per heavy atom. The smallest absolute Gasteiger partial charge is 0.261 e. The molecule has 0 spiro atoms. The molecular formula is C23H27Cl2FN2O3. The summed E-state index contributed by atoms with van der Waals surface area (Å²) < 4.78 is 19.3. The molecule has 2 aromatic rings. The molecule has 168 valence electrons. The van der Waals surface area contributed by atoms with Gasteiger partial charge in [0.25, 0.3) is 5.91 Å². The maximum atomic E-state index is 13.9. The summed E-state index contributed by atoms with van der Waals surface area (Å²) in [6.45, 7) is 7.12. The van der Waals surface area contributed by atoms with Crippen LogP contribution in [0.15, 0.2) is 42.5 Å². The fourth-order valence-corrected chi connectivity index (χ4v) is 3.31. The van der Waals surface area contributed by atoms with Gasteiger partial charge in [0.15, 0.2) is 18.2 Å². The quantitative estimate of drug-likeness (QED) is 0.576. The first-order valence-electron chi connectivity index (χ1n) is 9.94. The number of benzene rings is 2. The van der Waals surface area contributed by atoms with E-state index < -0.39 is 29.9 Å². The average molecular weight is 469 g/mol. The van der Waals surface area contributed by atoms with Gasteiger partial charge in [0.2, 0.25) is 5.91 Å². The van der Waals surface area contributed by atoms with Gasteiger partial charge in [0.1, 0.15) is 6.04 Å². The second-order valence-electron chi connectivity index (χ2n) is 8.15. The molecule has 8 heteroatoms. The molecule has 0 bridgehead atoms. The fraction of sp³-hybridized carbons (Fsp3) is 0.391. The summed E-state index contributed by atoms with van der Waals surface area (Å²) in [6.07, 6.45) is 0.384. The zero-order chi connectivity index (χ0) is 23.2. The van der Waals surface area contributed by atoms with E-state index in [-0.39, 0.29) is 18.2 Å². The molecule has 5 nitrogen and oxygen atoms in total. The predicted molar refractivity (Wildman–Crippen MR) is 121 cm³/mol. The number of ether oxygens (including phenoxy) is 1. The number of hydrogen-bond acceptors (Lipinski definition) is 3. The van der Waals surface area contributed by atoms with Crippen LogP contribution in [0, 0.1) is 5.82 Å². The minimum absolute atomic E-state index is 0.0301. The Kier molecular flexibility index (Phi) is 8.71. The lowest BCUT2D eigenvalue weighted by Crippen LogP contribution is -2.54. The van der Waals surface area contributed by atoms with Crippen LogP contribution in [0.3, 0.4) is 0 Å². The van der Waals surface area contributed by atoms with Gasteiger partial charge in [-0.15, -0.1) is 0 Å². The van der Waals surface area contributed by atoms with Crippen molar-refractivity contribution in [3.05, 3.63) is 63.9 Å². The molecule has 2 rings (SSSR count). The highest BCUT2D eigenvalue weighted by Crippen LogP contribution is 2.24. The third-order valence-corrected chi connectivity index (χ3v) is 5.15. The number of nitrogens with one attached hydrogen (secondary N) is 1. The van der Waals surface area contributed by atoms with E-state index in [0.29, 0.717) is 22.0 Å². The predicted octanol–water partition coefficient (Wildman–Crippen LogP) is 5.23. The highest BCUT2D eigenvalue weighted by Gasteiger charge is 2.31. The van der Waals surface area contributed by atoms with Crippen LogP contribution in [-0.4, -0.2) is 34.9 Å². The number of hydrogen-bond donors (Lipinski definition) is 1. The summed E-state index contributed by atoms with van der Waals surface area (Å²) >= 11 is 12.1. The van der Waals surface area contributed by atoms with Gasteiger partial charge in [0, 0.05) is 12.1 Å². The Morgan fingerprint density at radius 3 is 2.39 bits per heavy atom. The van der Waals surface area contributed by atoms with Crippen molar-refractivity contribution in [2.45, 2.75) is 52.2 Å². The Bertz CT molecular complexity index is 931. The molecule has 1 atom stereocenters. The van der Waals surface area contributed by atoms with Gasteiger partial charge in [0.05, 0.1) is 10.0 Å². The van der Waals surface area contributed by atoms with Gasteiger partial charge in [-0.2, -0.15) is 0 Å². The number of carbonyl (C=O) groups excluding carboxylic acids is 2. The van der Waals surface area contributed by atoms with Gasteiger partial charge < -0.3 is 15.0 Å². The van der Waals surface area contributed by atoms with Crippen molar-refractivity contribution in [2.75, 3.05) is 6.61 Å². The first kappa shape index (κ1) is 25.0. The Balaban J connectivity index is 2.28. The van der Waals surface area contributed by atoms with Crippen LogP contribution in [0.25, 0.3) is 0 Å². The molecule has 0 aliphatic rings. The summed E-state index contributed by atoms with van der Waals surface area (Å²) in [5, 5.41) is 3.65. The van der Waals surface area contributed by atoms with Gasteiger partial charge in [-0.05, 0) is 57.0 Å². The van der Waals surface area contributed by atoms with Crippen LogP contribution >= 0.6 is 23.2 Å². The maximum absolute atomic E-state index is 13.9. The Labute approximate surface area is 192 Å². The lowest BCUT2D eigenvalue weighted by atomic mass is 10.1. The van der Waals surface area contributed by atoms with Gasteiger partial charge in [-0.25, -0.2) is 4.39 Å². The molecule has 0 aliphatic heterocycles. The number of halogens is 3. The SMILES string of the molecule is CC[C@@H](C(=O)NC(C)(C)C)N(Cc1ccc(Cl)c(Cl)c1)C(=O)COc1ccccc1F. The van der Waals surface area contributed by atoms with E-state index in [1.165, 1.54) is 23.1 Å². The summed E-state index contributed by atoms with van der Waals surface area (Å²) in [5.74, 6) is -1.33. The van der Waals surface area contributed by atoms with Crippen molar-refractivity contribution in [3.63, 3.8) is 0 Å². The summed E-state index contributed by atoms with van der Waals surface area (Å²) in [5.41, 5.74) is 0.239. The number of rotatable bonds is 8. The second kappa shape index (κ2) is 10.8. The number of amides is 2. The molecule has 0 saturated carbocycles. The largest absolute Gasteiger partial charge is 0.481 e. The van der Waals surface area contributed by atoms with Crippen LogP contribution in [-0.2, 0) is 16.1 Å². The van der Waals surface area contributed by atoms with E-state index in [1.807, 2.05) is 27.7 Å². The topological polar surface area (TPSA) is 58.6 Å². The van der Waals surface area contributed by atoms with Gasteiger partial charge in [-0.1, -0.05) is 48.3 Å². The van der Waals surface area contributed by atoms with Crippen molar-refractivity contribution in [1.29, 1.82) is 0 Å². The van der Waals surface area contributed by atoms with Crippen molar-refractivity contribution in [2.24, 2.45) is 0 Å². The van der Waals surface area contributed by atoms with Crippen LogP contribution < -0.4 is 10.1 Å². The normalized spacial score (nSPS) is 12.2. The zero-order valence-corrected chi connectivity index (χ0v) is 19.6. The maximum Gasteiger partial charge on any atom is 0.261 e. The van der Waals surface area contributed by atoms with Crippen LogP contribution in [0.1, 0.15) is 39.7 Å². The Morgan fingerprint density at radius 1 is 1.13 bits per heavy atom. The van der Waals surface area contributed by atoms with Crippen LogP contribution in [0.4, 0.5) is 4.39 Å². The van der Waals surface area contributed by atoms with Crippen LogP contribution in [0.2, 0.25) is 10.0 Å². The minimum Gasteiger partial charge on any atom is -0.481 e. The van der Waals surface area contributed by atoms with E-state index in [9.17, 15) is 14.0 Å². The van der Waals surface area contributed by atoms with E-state index in [4.69, 9.17) is 27.9 Å². The molecule has 0 fully saturated rings. The third kappa shape index (κ3) is 7.40. The molecule has 2 aromatic carbocycles. The lowest BCUT2D eigenvalue weighted by molar-refractivity contribution is -0.143. The molecule has 0 unspecified atom stereocenters. The van der Waals surface area contributed by atoms with Crippen molar-refractivity contribution < 1.29 is 18.7 Å². The van der Waals surface area contributed by atoms with Gasteiger partial charge in [-0.3, -0.25) is 9.59 Å². The van der Waals surface area contributed by atoms with Crippen LogP contribution in [0.5, 0.6) is 5.75 Å². The molecule has 0 heterocycles. The number of nitrogens with zero attached hydrogens (tertiary/aromatic N) is 1. The number of carbonyl (C=O) groups is 2. The van der Waals surface area contributed by atoms with E-state index in [2.05, 4.69) is 5.32 Å². The molecule has 31 heavy (non-hydrogen) atoms. The first-order valence-corrected chi connectivity index (χ1v) is 10.7. The molecule has 0 radical (unpaired) electrons. The molecule has 2 amide bonds. The van der Waals surface area contributed by atoms with E-state index in [0.717, 1.165) is 0 Å². The zero-order valence-electron chi connectivity index (χ0n) is 18.0. The summed E-state index contributed by atoms with van der Waals surface area (Å²) in [4.78, 5) is 27.4. The lowest BCUT2D eigenvalue weighted by Gasteiger charge is -2.33. The molecule has 0 aromatic heterocycles. The van der Waals surface area contributed by atoms with E-state index in [1.54, 1.807) is 24.3 Å². The highest BCUT2D eigenvalue weighted by atomic mass is 35.5. The fourth-order valence-electron chi connectivity index (χ4n) is 2.99. The first-order chi connectivity index (χ1) is 14.5. The molecule has 0 aliphatic carbocycles. The monoisotopic (exact) mass is 468 g/mol. The summed E-state index contributed by atoms with van der Waals surface area (Å²) in [7, 11) is 0.